The molecule has 0 aliphatic rings. The van der Waals surface area contributed by atoms with Gasteiger partial charge in [-0.3, -0.25) is 0 Å². The molecule has 0 amide bonds. The maximum atomic E-state index is 5.24. The molecule has 0 fully saturated rings. The third kappa shape index (κ3) is 6.55. The molecule has 2 rings (SSSR count). The standard InChI is InChI=1S/C24H36NP2.Na/c1-17(2)26(18(3)4)23-15-11-9-13-21(23)25-22-14-10-12-16-24(22)27(19(5)6)20(7)8;/h9-20H,1-8H3;/q-1;+1. The van der Waals surface area contributed by atoms with E-state index in [1.54, 1.807) is 0 Å². The molecule has 0 heterocycles. The predicted molar refractivity (Wildman–Crippen MR) is 129 cm³/mol. The third-order valence-electron chi connectivity index (χ3n) is 4.79. The maximum Gasteiger partial charge on any atom is 1.00 e. The summed E-state index contributed by atoms with van der Waals surface area (Å²) in [5.74, 6) is 0. The van der Waals surface area contributed by atoms with Crippen molar-refractivity contribution in [1.29, 1.82) is 0 Å². The Morgan fingerprint density at radius 3 is 1.11 bits per heavy atom. The fourth-order valence-corrected chi connectivity index (χ4v) is 9.89. The van der Waals surface area contributed by atoms with Crippen molar-refractivity contribution in [3.05, 3.63) is 53.8 Å². The van der Waals surface area contributed by atoms with Gasteiger partial charge in [0.2, 0.25) is 0 Å². The zero-order valence-electron chi connectivity index (χ0n) is 19.3. The zero-order chi connectivity index (χ0) is 20.1. The summed E-state index contributed by atoms with van der Waals surface area (Å²) in [7, 11) is -0.458. The first-order chi connectivity index (χ1) is 12.7. The topological polar surface area (TPSA) is 14.1 Å². The van der Waals surface area contributed by atoms with Crippen LogP contribution in [0.15, 0.2) is 48.5 Å². The molecule has 0 radical (unpaired) electrons. The molecule has 0 atom stereocenters. The van der Waals surface area contributed by atoms with Gasteiger partial charge in [-0.15, -0.1) is 11.4 Å². The van der Waals surface area contributed by atoms with E-state index in [0.29, 0.717) is 22.6 Å². The summed E-state index contributed by atoms with van der Waals surface area (Å²) in [6, 6.07) is 17.6. The molecule has 2 aromatic rings. The van der Waals surface area contributed by atoms with E-state index in [2.05, 4.69) is 104 Å². The summed E-state index contributed by atoms with van der Waals surface area (Å²) in [6.07, 6.45) is 0. The van der Waals surface area contributed by atoms with Crippen LogP contribution in [0.2, 0.25) is 0 Å². The van der Waals surface area contributed by atoms with Crippen LogP contribution in [0.3, 0.4) is 0 Å². The predicted octanol–water partition coefficient (Wildman–Crippen LogP) is 4.88. The van der Waals surface area contributed by atoms with Gasteiger partial charge in [0.15, 0.2) is 0 Å². The van der Waals surface area contributed by atoms with Gasteiger partial charge in [-0.1, -0.05) is 120 Å². The van der Waals surface area contributed by atoms with E-state index in [1.807, 2.05) is 0 Å². The van der Waals surface area contributed by atoms with Crippen LogP contribution < -0.4 is 40.2 Å². The molecule has 0 N–H and O–H groups in total. The molecule has 0 aromatic heterocycles. The van der Waals surface area contributed by atoms with E-state index in [1.165, 1.54) is 22.0 Å². The van der Waals surface area contributed by atoms with Crippen molar-refractivity contribution >= 4 is 37.8 Å². The first-order valence-corrected chi connectivity index (χ1v) is 13.2. The molecule has 28 heavy (non-hydrogen) atoms. The van der Waals surface area contributed by atoms with Gasteiger partial charge in [-0.25, -0.2) is 0 Å². The SMILES string of the molecule is CC(C)P(c1ccccc1[N-]c1ccccc1P(C(C)C)C(C)C)C(C)C.[Na+]. The van der Waals surface area contributed by atoms with Gasteiger partial charge in [0, 0.05) is 0 Å². The first kappa shape index (κ1) is 26.1. The summed E-state index contributed by atoms with van der Waals surface area (Å²) in [4.78, 5) is 0. The Balaban J connectivity index is 0.00000392. The molecule has 0 bridgehead atoms. The minimum atomic E-state index is -0.229. The van der Waals surface area contributed by atoms with E-state index >= 15 is 0 Å². The van der Waals surface area contributed by atoms with Crippen LogP contribution in [0.4, 0.5) is 11.4 Å². The van der Waals surface area contributed by atoms with E-state index in [9.17, 15) is 0 Å². The van der Waals surface area contributed by atoms with Gasteiger partial charge >= 0.3 is 29.6 Å². The Kier molecular flexibility index (Phi) is 11.3. The number of nitrogens with zero attached hydrogens (tertiary/aromatic N) is 1. The van der Waals surface area contributed by atoms with Crippen molar-refractivity contribution in [2.45, 2.75) is 78.0 Å². The van der Waals surface area contributed by atoms with E-state index < -0.39 is 0 Å². The van der Waals surface area contributed by atoms with Crippen molar-refractivity contribution < 1.29 is 29.6 Å². The molecule has 0 aliphatic carbocycles. The van der Waals surface area contributed by atoms with Crippen molar-refractivity contribution in [3.63, 3.8) is 0 Å². The summed E-state index contributed by atoms with van der Waals surface area (Å²) >= 11 is 0. The Bertz CT molecular complexity index is 651. The quantitative estimate of drug-likeness (QED) is 0.425. The second kappa shape index (κ2) is 12.1. The second-order valence-electron chi connectivity index (χ2n) is 8.28. The molecule has 1 nitrogen and oxygen atoms in total. The molecular formula is C24H36NNaP2. The number of rotatable bonds is 8. The van der Waals surface area contributed by atoms with Gasteiger partial charge in [0.1, 0.15) is 0 Å². The summed E-state index contributed by atoms with van der Waals surface area (Å²) in [6.45, 7) is 18.8. The summed E-state index contributed by atoms with van der Waals surface area (Å²) in [5, 5.41) is 8.14. The smallest absolute Gasteiger partial charge is 0.657 e. The minimum absolute atomic E-state index is 0. The van der Waals surface area contributed by atoms with Crippen molar-refractivity contribution in [3.8, 4) is 0 Å². The fraction of sp³-hybridized carbons (Fsp3) is 0.500. The molecule has 4 heteroatoms. The third-order valence-corrected chi connectivity index (χ3v) is 11.1. The van der Waals surface area contributed by atoms with Crippen molar-refractivity contribution in [2.75, 3.05) is 0 Å². The Morgan fingerprint density at radius 2 is 0.821 bits per heavy atom. The molecule has 0 saturated carbocycles. The van der Waals surface area contributed by atoms with Crippen LogP contribution in [0.25, 0.3) is 5.32 Å². The van der Waals surface area contributed by atoms with Crippen molar-refractivity contribution in [2.24, 2.45) is 0 Å². The van der Waals surface area contributed by atoms with Gasteiger partial charge in [-0.2, -0.15) is 0 Å². The fourth-order valence-electron chi connectivity index (χ4n) is 3.99. The van der Waals surface area contributed by atoms with Crippen LogP contribution in [0.1, 0.15) is 55.4 Å². The van der Waals surface area contributed by atoms with E-state index in [4.69, 9.17) is 5.32 Å². The van der Waals surface area contributed by atoms with E-state index in [0.717, 1.165) is 0 Å². The Labute approximate surface area is 198 Å². The number of benzene rings is 2. The molecule has 0 spiro atoms. The Morgan fingerprint density at radius 1 is 0.536 bits per heavy atom. The number of hydrogen-bond acceptors (Lipinski definition) is 0. The second-order valence-corrected chi connectivity index (χ2v) is 15.0. The minimum Gasteiger partial charge on any atom is -0.657 e. The molecule has 2 aromatic carbocycles. The molecule has 0 unspecified atom stereocenters. The average Bonchev–Trinajstić information content (AvgIpc) is 2.57. The normalized spacial score (nSPS) is 11.8. The van der Waals surface area contributed by atoms with Gasteiger partial charge in [-0.05, 0) is 33.2 Å². The molecule has 0 saturated heterocycles. The van der Waals surface area contributed by atoms with Gasteiger partial charge in [0.25, 0.3) is 0 Å². The summed E-state index contributed by atoms with van der Waals surface area (Å²) in [5.41, 5.74) is 4.98. The molecule has 148 valence electrons. The van der Waals surface area contributed by atoms with Crippen LogP contribution in [-0.2, 0) is 0 Å². The largest absolute Gasteiger partial charge is 1.00 e. The van der Waals surface area contributed by atoms with Crippen LogP contribution in [0.5, 0.6) is 0 Å². The maximum absolute atomic E-state index is 5.24. The monoisotopic (exact) mass is 423 g/mol. The molecule has 0 aliphatic heterocycles. The first-order valence-electron chi connectivity index (χ1n) is 10.2. The van der Waals surface area contributed by atoms with Crippen molar-refractivity contribution in [1.82, 2.24) is 0 Å². The number of para-hydroxylation sites is 2. The summed E-state index contributed by atoms with van der Waals surface area (Å²) < 4.78 is 0. The van der Waals surface area contributed by atoms with Gasteiger partial charge in [0.05, 0.1) is 0 Å². The van der Waals surface area contributed by atoms with E-state index in [-0.39, 0.29) is 45.4 Å². The Hall–Kier alpha value is 0.1000. The van der Waals surface area contributed by atoms with Gasteiger partial charge < -0.3 is 5.32 Å². The molecular weight excluding hydrogens is 387 g/mol. The zero-order valence-corrected chi connectivity index (χ0v) is 23.1. The average molecular weight is 423 g/mol. The number of hydrogen-bond donors (Lipinski definition) is 0. The van der Waals surface area contributed by atoms with Crippen LogP contribution in [-0.4, -0.2) is 22.6 Å². The van der Waals surface area contributed by atoms with Crippen LogP contribution in [0, 0.1) is 0 Å². The van der Waals surface area contributed by atoms with Crippen LogP contribution >= 0.6 is 15.8 Å².